The minimum Gasteiger partial charge on any atom is -0.480 e. The highest BCUT2D eigenvalue weighted by Gasteiger charge is 2.24. The number of carbonyl (C=O) groups excluding carboxylic acids is 2. The fraction of sp³-hybridized carbons (Fsp3) is 0.700. The number of hydrogen-bond donors (Lipinski definition) is 4. The van der Waals surface area contributed by atoms with Crippen molar-refractivity contribution in [2.24, 2.45) is 5.73 Å². The van der Waals surface area contributed by atoms with Crippen LogP contribution in [0.25, 0.3) is 0 Å². The maximum Gasteiger partial charge on any atom is 0.326 e. The summed E-state index contributed by atoms with van der Waals surface area (Å²) in [6.45, 7) is 2.11. The number of primary amides is 1. The third-order valence-electron chi connectivity index (χ3n) is 2.15. The van der Waals surface area contributed by atoms with Crippen LogP contribution in [0.15, 0.2) is 0 Å². The van der Waals surface area contributed by atoms with Gasteiger partial charge in [0.2, 0.25) is 5.91 Å². The summed E-state index contributed by atoms with van der Waals surface area (Å²) in [4.78, 5) is 34.5. The molecule has 104 valence electrons. The number of nitrogens with one attached hydrogen (secondary N) is 1. The van der Waals surface area contributed by atoms with Gasteiger partial charge in [-0.1, -0.05) is 6.92 Å². The lowest BCUT2D eigenvalue weighted by atomic mass is 10.2. The van der Waals surface area contributed by atoms with Crippen LogP contribution in [0.5, 0.6) is 0 Å². The van der Waals surface area contributed by atoms with E-state index in [0.717, 1.165) is 0 Å². The number of aliphatic carboxylic acids is 1. The monoisotopic (exact) mass is 261 g/mol. The number of aliphatic hydroxyl groups excluding tert-OH is 1. The summed E-state index contributed by atoms with van der Waals surface area (Å²) in [5, 5.41) is 19.8. The van der Waals surface area contributed by atoms with Crippen LogP contribution in [0.3, 0.4) is 0 Å². The average Bonchev–Trinajstić information content (AvgIpc) is 2.27. The molecule has 0 rings (SSSR count). The van der Waals surface area contributed by atoms with Crippen LogP contribution in [-0.4, -0.2) is 58.8 Å². The van der Waals surface area contributed by atoms with Crippen molar-refractivity contribution in [3.05, 3.63) is 0 Å². The number of nitrogens with two attached hydrogens (primary N) is 1. The number of carboxylic acid groups (broad SMARTS) is 1. The number of carboxylic acids is 1. The zero-order valence-corrected chi connectivity index (χ0v) is 10.3. The summed E-state index contributed by atoms with van der Waals surface area (Å²) in [7, 11) is 0. The van der Waals surface area contributed by atoms with Gasteiger partial charge < -0.3 is 26.2 Å². The molecule has 3 amide bonds. The number of amides is 3. The van der Waals surface area contributed by atoms with Gasteiger partial charge in [0, 0.05) is 13.1 Å². The molecular formula is C10H19N3O5. The van der Waals surface area contributed by atoms with Crippen LogP contribution >= 0.6 is 0 Å². The van der Waals surface area contributed by atoms with E-state index in [1.165, 1.54) is 4.90 Å². The summed E-state index contributed by atoms with van der Waals surface area (Å²) in [5.41, 5.74) is 4.89. The summed E-state index contributed by atoms with van der Waals surface area (Å²) in [5.74, 6) is -2.14. The Bertz CT molecular complexity index is 302. The highest BCUT2D eigenvalue weighted by Crippen LogP contribution is 1.97. The zero-order valence-electron chi connectivity index (χ0n) is 10.3. The Morgan fingerprint density at radius 3 is 2.33 bits per heavy atom. The first-order valence-electron chi connectivity index (χ1n) is 5.59. The Morgan fingerprint density at radius 2 is 1.94 bits per heavy atom. The summed E-state index contributed by atoms with van der Waals surface area (Å²) in [6, 6.07) is -1.99. The Balaban J connectivity index is 4.54. The second kappa shape index (κ2) is 8.29. The maximum absolute atomic E-state index is 11.7. The third kappa shape index (κ3) is 6.04. The van der Waals surface area contributed by atoms with Gasteiger partial charge in [0.1, 0.15) is 6.04 Å². The molecule has 5 N–H and O–H groups in total. The molecule has 0 saturated heterocycles. The Morgan fingerprint density at radius 1 is 1.33 bits per heavy atom. The lowest BCUT2D eigenvalue weighted by Gasteiger charge is -2.23. The number of aliphatic hydroxyl groups is 1. The van der Waals surface area contributed by atoms with Crippen molar-refractivity contribution in [2.45, 2.75) is 25.8 Å². The van der Waals surface area contributed by atoms with Crippen LogP contribution in [0.1, 0.15) is 19.8 Å². The molecule has 0 aromatic rings. The molecule has 0 aromatic heterocycles. The van der Waals surface area contributed by atoms with E-state index >= 15 is 0 Å². The van der Waals surface area contributed by atoms with Crippen molar-refractivity contribution in [1.82, 2.24) is 10.2 Å². The van der Waals surface area contributed by atoms with Crippen molar-refractivity contribution in [2.75, 3.05) is 19.7 Å². The van der Waals surface area contributed by atoms with Gasteiger partial charge >= 0.3 is 12.0 Å². The summed E-state index contributed by atoms with van der Waals surface area (Å²) < 4.78 is 0. The predicted molar refractivity (Wildman–Crippen MR) is 62.7 cm³/mol. The van der Waals surface area contributed by atoms with Crippen LogP contribution in [0, 0.1) is 0 Å². The maximum atomic E-state index is 11.7. The van der Waals surface area contributed by atoms with Gasteiger partial charge in [-0.2, -0.15) is 0 Å². The SMILES string of the molecule is CCCN(CCO)C(=O)NC(CC(N)=O)C(=O)O. The minimum atomic E-state index is -1.35. The van der Waals surface area contributed by atoms with E-state index in [0.29, 0.717) is 13.0 Å². The number of nitrogens with zero attached hydrogens (tertiary/aromatic N) is 1. The molecular weight excluding hydrogens is 242 g/mol. The first-order valence-corrected chi connectivity index (χ1v) is 5.59. The highest BCUT2D eigenvalue weighted by atomic mass is 16.4. The fourth-order valence-corrected chi connectivity index (χ4v) is 1.35. The number of carbonyl (C=O) groups is 3. The summed E-state index contributed by atoms with van der Waals surface area (Å²) in [6.07, 6.45) is 0.196. The Labute approximate surface area is 105 Å². The van der Waals surface area contributed by atoms with E-state index in [1.54, 1.807) is 0 Å². The lowest BCUT2D eigenvalue weighted by molar-refractivity contribution is -0.140. The summed E-state index contributed by atoms with van der Waals surface area (Å²) >= 11 is 0. The molecule has 0 aromatic carbocycles. The molecule has 0 fully saturated rings. The van der Waals surface area contributed by atoms with Gasteiger partial charge in [-0.25, -0.2) is 9.59 Å². The lowest BCUT2D eigenvalue weighted by Crippen LogP contribution is -2.50. The average molecular weight is 261 g/mol. The van der Waals surface area contributed by atoms with E-state index in [2.05, 4.69) is 5.32 Å². The molecule has 0 aliphatic carbocycles. The van der Waals surface area contributed by atoms with E-state index in [9.17, 15) is 14.4 Å². The van der Waals surface area contributed by atoms with Crippen molar-refractivity contribution in [1.29, 1.82) is 0 Å². The van der Waals surface area contributed by atoms with Crippen LogP contribution in [0.4, 0.5) is 4.79 Å². The molecule has 0 saturated carbocycles. The van der Waals surface area contributed by atoms with Crippen LogP contribution < -0.4 is 11.1 Å². The van der Waals surface area contributed by atoms with Crippen LogP contribution in [-0.2, 0) is 9.59 Å². The van der Waals surface area contributed by atoms with Gasteiger partial charge in [0.15, 0.2) is 0 Å². The molecule has 1 atom stereocenters. The standard InChI is InChI=1S/C10H19N3O5/c1-2-3-13(4-5-14)10(18)12-7(9(16)17)6-8(11)15/h7,14H,2-6H2,1H3,(H2,11,15)(H,12,18)(H,16,17). The molecule has 0 bridgehead atoms. The zero-order chi connectivity index (χ0) is 14.1. The topological polar surface area (TPSA) is 133 Å². The molecule has 0 heterocycles. The van der Waals surface area contributed by atoms with Gasteiger partial charge in [0.05, 0.1) is 13.0 Å². The number of urea groups is 1. The number of rotatable bonds is 8. The van der Waals surface area contributed by atoms with Crippen LogP contribution in [0.2, 0.25) is 0 Å². The molecule has 8 heteroatoms. The molecule has 0 aliphatic heterocycles. The third-order valence-corrected chi connectivity index (χ3v) is 2.15. The quantitative estimate of drug-likeness (QED) is 0.432. The minimum absolute atomic E-state index is 0.0998. The molecule has 0 radical (unpaired) electrons. The molecule has 8 nitrogen and oxygen atoms in total. The largest absolute Gasteiger partial charge is 0.480 e. The predicted octanol–water partition coefficient (Wildman–Crippen LogP) is -1.27. The van der Waals surface area contributed by atoms with Gasteiger partial charge in [-0.05, 0) is 6.42 Å². The molecule has 18 heavy (non-hydrogen) atoms. The first kappa shape index (κ1) is 16.2. The van der Waals surface area contributed by atoms with E-state index < -0.39 is 30.4 Å². The van der Waals surface area contributed by atoms with E-state index in [1.807, 2.05) is 6.92 Å². The smallest absolute Gasteiger partial charge is 0.326 e. The van der Waals surface area contributed by atoms with Gasteiger partial charge in [0.25, 0.3) is 0 Å². The normalized spacial score (nSPS) is 11.7. The Hall–Kier alpha value is -1.83. The fourth-order valence-electron chi connectivity index (χ4n) is 1.35. The molecule has 0 aliphatic rings. The second-order valence-electron chi connectivity index (χ2n) is 3.72. The molecule has 0 spiro atoms. The van der Waals surface area contributed by atoms with Crippen molar-refractivity contribution in [3.8, 4) is 0 Å². The van der Waals surface area contributed by atoms with E-state index in [4.69, 9.17) is 15.9 Å². The Kier molecular flexibility index (Phi) is 7.45. The van der Waals surface area contributed by atoms with E-state index in [-0.39, 0.29) is 13.2 Å². The number of hydrogen-bond acceptors (Lipinski definition) is 4. The van der Waals surface area contributed by atoms with Crippen molar-refractivity contribution in [3.63, 3.8) is 0 Å². The second-order valence-corrected chi connectivity index (χ2v) is 3.72. The van der Waals surface area contributed by atoms with Gasteiger partial charge in [-0.15, -0.1) is 0 Å². The highest BCUT2D eigenvalue weighted by molar-refractivity contribution is 5.87. The van der Waals surface area contributed by atoms with Crippen molar-refractivity contribution >= 4 is 17.9 Å². The molecule has 1 unspecified atom stereocenters. The van der Waals surface area contributed by atoms with Gasteiger partial charge in [-0.3, -0.25) is 4.79 Å². The first-order chi connectivity index (χ1) is 8.42. The van der Waals surface area contributed by atoms with Crippen molar-refractivity contribution < 1.29 is 24.6 Å².